The standard InChI is InChI=1S/C18H11BrClNO2S2/c19-13-5-3-12(4-6-13)15(22)10-21-17(24)16(25-18(21)23)9-11-1-7-14(20)8-2-11/h1-9H,10H2/b16-9+. The second-order valence-corrected chi connectivity index (χ2v) is 7.98. The van der Waals surface area contributed by atoms with Gasteiger partial charge in [0.05, 0.1) is 11.4 Å². The first-order chi connectivity index (χ1) is 11.9. The first-order valence-electron chi connectivity index (χ1n) is 7.24. The number of carbonyl (C=O) groups excluding carboxylic acids is 2. The largest absolute Gasteiger partial charge is 0.292 e. The van der Waals surface area contributed by atoms with Crippen LogP contribution in [0.5, 0.6) is 0 Å². The summed E-state index contributed by atoms with van der Waals surface area (Å²) in [7, 11) is 0. The molecule has 1 heterocycles. The first kappa shape index (κ1) is 18.3. The van der Waals surface area contributed by atoms with E-state index in [1.165, 1.54) is 4.90 Å². The van der Waals surface area contributed by atoms with Crippen molar-refractivity contribution in [2.75, 3.05) is 6.54 Å². The van der Waals surface area contributed by atoms with Crippen LogP contribution < -0.4 is 0 Å². The van der Waals surface area contributed by atoms with Gasteiger partial charge in [0, 0.05) is 15.1 Å². The number of thioether (sulfide) groups is 1. The van der Waals surface area contributed by atoms with Gasteiger partial charge in [-0.25, -0.2) is 0 Å². The van der Waals surface area contributed by atoms with E-state index < -0.39 is 0 Å². The minimum absolute atomic E-state index is 0.0652. The molecule has 3 rings (SSSR count). The van der Waals surface area contributed by atoms with Crippen molar-refractivity contribution in [3.63, 3.8) is 0 Å². The van der Waals surface area contributed by atoms with Crippen molar-refractivity contribution >= 4 is 73.6 Å². The Kier molecular flexibility index (Phi) is 5.74. The minimum atomic E-state index is -0.240. The molecule has 1 aliphatic rings. The average molecular weight is 453 g/mol. The Bertz CT molecular complexity index is 879. The van der Waals surface area contributed by atoms with Crippen molar-refractivity contribution in [3.8, 4) is 0 Å². The predicted molar refractivity (Wildman–Crippen MR) is 110 cm³/mol. The van der Waals surface area contributed by atoms with Crippen LogP contribution in [0, 0.1) is 0 Å². The second-order valence-electron chi connectivity index (χ2n) is 5.25. The Hall–Kier alpha value is -1.47. The fraction of sp³-hybridized carbons (Fsp3) is 0.0556. The van der Waals surface area contributed by atoms with E-state index in [0.29, 0.717) is 20.5 Å². The van der Waals surface area contributed by atoms with E-state index in [-0.39, 0.29) is 17.6 Å². The lowest BCUT2D eigenvalue weighted by atomic mass is 10.1. The number of carbonyl (C=O) groups is 2. The number of amides is 1. The van der Waals surface area contributed by atoms with Gasteiger partial charge in [0.25, 0.3) is 5.24 Å². The fourth-order valence-corrected chi connectivity index (χ4v) is 3.84. The van der Waals surface area contributed by atoms with Gasteiger partial charge in [-0.3, -0.25) is 14.5 Å². The summed E-state index contributed by atoms with van der Waals surface area (Å²) in [4.78, 5) is 27.0. The molecule has 0 bridgehead atoms. The molecular formula is C18H11BrClNO2S2. The molecule has 3 nitrogen and oxygen atoms in total. The molecule has 0 radical (unpaired) electrons. The molecule has 2 aromatic carbocycles. The van der Waals surface area contributed by atoms with Gasteiger partial charge in [0.15, 0.2) is 5.78 Å². The molecule has 0 aromatic heterocycles. The SMILES string of the molecule is O=C(CN1C(=O)S/C(=C/c2ccc(Cl)cc2)C1=S)c1ccc(Br)cc1. The zero-order valence-electron chi connectivity index (χ0n) is 12.7. The van der Waals surface area contributed by atoms with E-state index in [0.717, 1.165) is 21.8 Å². The molecule has 0 atom stereocenters. The van der Waals surface area contributed by atoms with Gasteiger partial charge in [0.1, 0.15) is 4.99 Å². The number of rotatable bonds is 4. The van der Waals surface area contributed by atoms with Crippen LogP contribution in [0.3, 0.4) is 0 Å². The highest BCUT2D eigenvalue weighted by Crippen LogP contribution is 2.33. The van der Waals surface area contributed by atoms with Crippen molar-refractivity contribution < 1.29 is 9.59 Å². The Balaban J connectivity index is 1.76. The van der Waals surface area contributed by atoms with Crippen molar-refractivity contribution in [3.05, 3.63) is 74.1 Å². The number of benzene rings is 2. The van der Waals surface area contributed by atoms with Crippen LogP contribution in [0.25, 0.3) is 6.08 Å². The third-order valence-corrected chi connectivity index (χ3v) is 5.79. The monoisotopic (exact) mass is 451 g/mol. The maximum atomic E-state index is 12.4. The van der Waals surface area contributed by atoms with Gasteiger partial charge in [-0.2, -0.15) is 0 Å². The van der Waals surface area contributed by atoms with E-state index in [2.05, 4.69) is 15.9 Å². The van der Waals surface area contributed by atoms with E-state index in [1.54, 1.807) is 36.4 Å². The van der Waals surface area contributed by atoms with Crippen LogP contribution in [0.15, 0.2) is 57.9 Å². The van der Waals surface area contributed by atoms with Crippen LogP contribution in [-0.4, -0.2) is 27.5 Å². The predicted octanol–water partition coefficient (Wildman–Crippen LogP) is 5.82. The second kappa shape index (κ2) is 7.83. The number of hydrogen-bond acceptors (Lipinski definition) is 4. The van der Waals surface area contributed by atoms with Crippen molar-refractivity contribution in [2.24, 2.45) is 0 Å². The lowest BCUT2D eigenvalue weighted by Crippen LogP contribution is -2.32. The van der Waals surface area contributed by atoms with Crippen LogP contribution in [0.1, 0.15) is 15.9 Å². The number of ketones is 1. The number of halogens is 2. The maximum absolute atomic E-state index is 12.4. The Labute approximate surface area is 168 Å². The first-order valence-corrected chi connectivity index (χ1v) is 9.63. The Morgan fingerprint density at radius 3 is 2.44 bits per heavy atom. The molecule has 0 spiro atoms. The summed E-state index contributed by atoms with van der Waals surface area (Å²) in [6.45, 7) is -0.0652. The van der Waals surface area contributed by atoms with E-state index in [4.69, 9.17) is 23.8 Å². The Morgan fingerprint density at radius 1 is 1.16 bits per heavy atom. The summed E-state index contributed by atoms with van der Waals surface area (Å²) in [5.74, 6) is -0.156. The van der Waals surface area contributed by atoms with E-state index >= 15 is 0 Å². The summed E-state index contributed by atoms with van der Waals surface area (Å²) in [5.41, 5.74) is 1.43. The van der Waals surface area contributed by atoms with Gasteiger partial charge >= 0.3 is 0 Å². The highest BCUT2D eigenvalue weighted by atomic mass is 79.9. The highest BCUT2D eigenvalue weighted by Gasteiger charge is 2.33. The molecule has 0 N–H and O–H groups in total. The summed E-state index contributed by atoms with van der Waals surface area (Å²) in [6, 6.07) is 14.2. The molecule has 1 fully saturated rings. The average Bonchev–Trinajstić information content (AvgIpc) is 2.85. The molecule has 0 saturated carbocycles. The molecule has 2 aromatic rings. The van der Waals surface area contributed by atoms with Gasteiger partial charge in [-0.15, -0.1) is 0 Å². The van der Waals surface area contributed by atoms with Crippen LogP contribution in [0.4, 0.5) is 4.79 Å². The molecule has 126 valence electrons. The molecule has 0 unspecified atom stereocenters. The van der Waals surface area contributed by atoms with Crippen LogP contribution in [0.2, 0.25) is 5.02 Å². The zero-order valence-corrected chi connectivity index (χ0v) is 16.7. The fourth-order valence-electron chi connectivity index (χ4n) is 2.22. The van der Waals surface area contributed by atoms with Gasteiger partial charge in [0.2, 0.25) is 0 Å². The lowest BCUT2D eigenvalue weighted by molar-refractivity contribution is 0.0973. The number of hydrogen-bond donors (Lipinski definition) is 0. The third kappa shape index (κ3) is 4.39. The summed E-state index contributed by atoms with van der Waals surface area (Å²) >= 11 is 15.6. The summed E-state index contributed by atoms with van der Waals surface area (Å²) < 4.78 is 0.889. The minimum Gasteiger partial charge on any atom is -0.292 e. The summed E-state index contributed by atoms with van der Waals surface area (Å²) in [6.07, 6.45) is 1.82. The topological polar surface area (TPSA) is 37.4 Å². The molecular weight excluding hydrogens is 442 g/mol. The normalized spacial score (nSPS) is 15.9. The molecule has 7 heteroatoms. The van der Waals surface area contributed by atoms with Gasteiger partial charge in [-0.1, -0.05) is 64.0 Å². The molecule has 1 amide bonds. The van der Waals surface area contributed by atoms with Crippen LogP contribution in [-0.2, 0) is 0 Å². The van der Waals surface area contributed by atoms with E-state index in [1.807, 2.05) is 18.2 Å². The van der Waals surface area contributed by atoms with Gasteiger partial charge < -0.3 is 0 Å². The smallest absolute Gasteiger partial charge is 0.292 e. The van der Waals surface area contributed by atoms with Crippen molar-refractivity contribution in [1.82, 2.24) is 4.90 Å². The third-order valence-electron chi connectivity index (χ3n) is 3.51. The van der Waals surface area contributed by atoms with Crippen molar-refractivity contribution in [1.29, 1.82) is 0 Å². The zero-order chi connectivity index (χ0) is 18.0. The van der Waals surface area contributed by atoms with Crippen LogP contribution >= 0.6 is 51.5 Å². The maximum Gasteiger partial charge on any atom is 0.292 e. The lowest BCUT2D eigenvalue weighted by Gasteiger charge is -2.13. The Morgan fingerprint density at radius 2 is 1.80 bits per heavy atom. The number of Topliss-reactive ketones (excluding diaryl/α,β-unsaturated/α-hetero) is 1. The van der Waals surface area contributed by atoms with Gasteiger partial charge in [-0.05, 0) is 47.7 Å². The number of thiocarbonyl (C=S) groups is 1. The molecule has 25 heavy (non-hydrogen) atoms. The quantitative estimate of drug-likeness (QED) is 0.333. The van der Waals surface area contributed by atoms with Crippen molar-refractivity contribution in [2.45, 2.75) is 0 Å². The van der Waals surface area contributed by atoms with E-state index in [9.17, 15) is 9.59 Å². The molecule has 0 aliphatic carbocycles. The molecule has 1 aliphatic heterocycles. The molecule has 1 saturated heterocycles. The highest BCUT2D eigenvalue weighted by molar-refractivity contribution is 9.10. The number of nitrogens with zero attached hydrogens (tertiary/aromatic N) is 1. The summed E-state index contributed by atoms with van der Waals surface area (Å²) in [5, 5.41) is 0.400.